The maximum atomic E-state index is 13.4. The lowest BCUT2D eigenvalue weighted by Crippen LogP contribution is -2.53. The summed E-state index contributed by atoms with van der Waals surface area (Å²) in [5.74, 6) is 0.114. The molecule has 2 aromatic carbocycles. The molecule has 2 N–H and O–H groups in total. The fourth-order valence-corrected chi connectivity index (χ4v) is 8.56. The number of carbonyl (C=O) groups is 1. The number of ether oxygens (including phenoxy) is 2. The molecule has 44 heavy (non-hydrogen) atoms. The van der Waals surface area contributed by atoms with Crippen LogP contribution in [0.15, 0.2) is 36.4 Å². The molecule has 2 aromatic rings. The normalized spacial score (nSPS) is 29.6. The molecule has 2 heterocycles. The van der Waals surface area contributed by atoms with Gasteiger partial charge in [0, 0.05) is 30.3 Å². The first-order chi connectivity index (χ1) is 21.0. The van der Waals surface area contributed by atoms with Crippen LogP contribution >= 0.6 is 11.6 Å². The largest absolute Gasteiger partial charge is 0.487 e. The van der Waals surface area contributed by atoms with Gasteiger partial charge in [0.1, 0.15) is 12.4 Å². The SMILES string of the molecule is CCOC[C@@]1(O)CCC[C@H](C)[C@@H](C)S(=O)(=O)NC(=O)c2ccc3c(c2)N(CCCCc2cc(Cl)ccc2CO3)C[C@@H]2CC[C@H]21. The third kappa shape index (κ3) is 7.38. The highest BCUT2D eigenvalue weighted by molar-refractivity contribution is 7.90. The van der Waals surface area contributed by atoms with E-state index < -0.39 is 26.8 Å². The van der Waals surface area contributed by atoms with Gasteiger partial charge in [-0.2, -0.15) is 0 Å². The number of nitrogens with one attached hydrogen (secondary N) is 1. The van der Waals surface area contributed by atoms with Gasteiger partial charge in [-0.25, -0.2) is 13.1 Å². The summed E-state index contributed by atoms with van der Waals surface area (Å²) < 4.78 is 41.2. The average molecular weight is 647 g/mol. The third-order valence-electron chi connectivity index (χ3n) is 10.2. The molecular weight excluding hydrogens is 600 g/mol. The summed E-state index contributed by atoms with van der Waals surface area (Å²) in [7, 11) is -3.93. The highest BCUT2D eigenvalue weighted by atomic mass is 35.5. The lowest BCUT2D eigenvalue weighted by molar-refractivity contribution is -0.131. The van der Waals surface area contributed by atoms with Crippen molar-refractivity contribution in [1.82, 2.24) is 4.72 Å². The minimum Gasteiger partial charge on any atom is -0.487 e. The van der Waals surface area contributed by atoms with E-state index >= 15 is 0 Å². The van der Waals surface area contributed by atoms with E-state index in [1.807, 2.05) is 32.0 Å². The van der Waals surface area contributed by atoms with Gasteiger partial charge in [0.25, 0.3) is 5.91 Å². The van der Waals surface area contributed by atoms with Crippen molar-refractivity contribution in [2.75, 3.05) is 31.2 Å². The minimum absolute atomic E-state index is 0.0684. The zero-order valence-electron chi connectivity index (χ0n) is 26.2. The van der Waals surface area contributed by atoms with Crippen molar-refractivity contribution in [3.05, 3.63) is 58.1 Å². The average Bonchev–Trinajstić information content (AvgIpc) is 3.00. The smallest absolute Gasteiger partial charge is 0.264 e. The summed E-state index contributed by atoms with van der Waals surface area (Å²) in [6.45, 7) is 8.06. The summed E-state index contributed by atoms with van der Waals surface area (Å²) in [5, 5.41) is 12.0. The number of rotatable bonds is 3. The maximum absolute atomic E-state index is 13.4. The van der Waals surface area contributed by atoms with E-state index in [0.717, 1.165) is 49.9 Å². The van der Waals surface area contributed by atoms with Crippen LogP contribution in [0.2, 0.25) is 5.02 Å². The number of sulfonamides is 1. The lowest BCUT2D eigenvalue weighted by atomic mass is 9.63. The molecule has 1 fully saturated rings. The maximum Gasteiger partial charge on any atom is 0.264 e. The van der Waals surface area contributed by atoms with Crippen LogP contribution in [0.1, 0.15) is 87.2 Å². The third-order valence-corrected chi connectivity index (χ3v) is 12.3. The van der Waals surface area contributed by atoms with Crippen LogP contribution in [0.5, 0.6) is 5.75 Å². The number of halogens is 1. The van der Waals surface area contributed by atoms with Crippen LogP contribution in [0.4, 0.5) is 5.69 Å². The van der Waals surface area contributed by atoms with E-state index in [4.69, 9.17) is 21.1 Å². The number of hydrogen-bond acceptors (Lipinski definition) is 7. The molecule has 0 unspecified atom stereocenters. The van der Waals surface area contributed by atoms with Gasteiger partial charge in [-0.1, -0.05) is 31.0 Å². The van der Waals surface area contributed by atoms with Crippen LogP contribution in [0.25, 0.3) is 0 Å². The Morgan fingerprint density at radius 2 is 1.91 bits per heavy atom. The van der Waals surface area contributed by atoms with Gasteiger partial charge in [0.15, 0.2) is 0 Å². The zero-order valence-corrected chi connectivity index (χ0v) is 27.8. The molecule has 1 saturated carbocycles. The molecule has 0 spiro atoms. The Labute approximate surface area is 267 Å². The van der Waals surface area contributed by atoms with Gasteiger partial charge in [-0.3, -0.25) is 4.79 Å². The summed E-state index contributed by atoms with van der Waals surface area (Å²) in [6, 6.07) is 11.1. The molecule has 2 bridgehead atoms. The Morgan fingerprint density at radius 3 is 2.66 bits per heavy atom. The highest BCUT2D eigenvalue weighted by Gasteiger charge is 2.47. The van der Waals surface area contributed by atoms with Crippen molar-refractivity contribution < 1.29 is 27.8 Å². The second kappa shape index (κ2) is 14.0. The van der Waals surface area contributed by atoms with E-state index in [1.54, 1.807) is 25.1 Å². The van der Waals surface area contributed by atoms with Crippen molar-refractivity contribution in [1.29, 1.82) is 0 Å². The van der Waals surface area contributed by atoms with Crippen molar-refractivity contribution >= 4 is 33.2 Å². The Morgan fingerprint density at radius 1 is 1.09 bits per heavy atom. The Kier molecular flexibility index (Phi) is 10.5. The van der Waals surface area contributed by atoms with Crippen molar-refractivity contribution in [2.45, 2.75) is 89.6 Å². The van der Waals surface area contributed by atoms with Crippen LogP contribution in [0, 0.1) is 17.8 Å². The number of amides is 1. The topological polar surface area (TPSA) is 105 Å². The predicted octanol–water partition coefficient (Wildman–Crippen LogP) is 6.12. The summed E-state index contributed by atoms with van der Waals surface area (Å²) in [5.41, 5.74) is 2.29. The van der Waals surface area contributed by atoms with E-state index in [-0.39, 0.29) is 29.9 Å². The van der Waals surface area contributed by atoms with Gasteiger partial charge in [0.05, 0.1) is 23.1 Å². The molecule has 0 saturated heterocycles. The van der Waals surface area contributed by atoms with Gasteiger partial charge >= 0.3 is 0 Å². The van der Waals surface area contributed by atoms with Crippen LogP contribution < -0.4 is 14.4 Å². The number of nitrogens with zero attached hydrogens (tertiary/aromatic N) is 1. The van der Waals surface area contributed by atoms with E-state index in [1.165, 1.54) is 5.56 Å². The van der Waals surface area contributed by atoms with Crippen LogP contribution in [0.3, 0.4) is 0 Å². The molecule has 1 aliphatic carbocycles. The first-order valence-electron chi connectivity index (χ1n) is 16.2. The molecule has 242 valence electrons. The molecule has 2 aliphatic heterocycles. The molecule has 0 radical (unpaired) electrons. The van der Waals surface area contributed by atoms with Crippen LogP contribution in [-0.2, 0) is 27.8 Å². The van der Waals surface area contributed by atoms with Crippen LogP contribution in [-0.4, -0.2) is 56.6 Å². The summed E-state index contributed by atoms with van der Waals surface area (Å²) in [6.07, 6.45) is 6.51. The van der Waals surface area contributed by atoms with Gasteiger partial charge in [-0.15, -0.1) is 0 Å². The standard InChI is InChI=1S/C34H47ClN2O6S/c1-4-42-22-34(39)16-7-8-23(2)24(3)44(40,41)36-33(38)26-12-15-32-31(19-26)37(20-27-11-14-30(27)34)17-6-5-9-25-18-29(35)13-10-28(25)21-43-32/h10,12-13,15,18-19,23-24,27,30,39H,4-9,11,14,16-17,20-22H2,1-3H3,(H,36,38)/t23-,24+,27-,30+,34-/m0/s1. The number of aryl methyl sites for hydroxylation is 1. The first-order valence-corrected chi connectivity index (χ1v) is 18.1. The number of anilines is 1. The molecular formula is C34H47ClN2O6S. The van der Waals surface area contributed by atoms with Gasteiger partial charge in [-0.05, 0) is 118 Å². The number of hydrogen-bond donors (Lipinski definition) is 2. The van der Waals surface area contributed by atoms with Crippen molar-refractivity contribution in [3.8, 4) is 5.75 Å². The molecule has 5 rings (SSSR count). The number of aliphatic hydroxyl groups is 1. The number of carbonyl (C=O) groups excluding carboxylic acids is 1. The quantitative estimate of drug-likeness (QED) is 0.414. The molecule has 8 nitrogen and oxygen atoms in total. The number of benzene rings is 2. The molecule has 0 aromatic heterocycles. The zero-order chi connectivity index (χ0) is 31.5. The van der Waals surface area contributed by atoms with E-state index in [9.17, 15) is 18.3 Å². The highest BCUT2D eigenvalue weighted by Crippen LogP contribution is 2.46. The van der Waals surface area contributed by atoms with Gasteiger partial charge in [0.2, 0.25) is 10.0 Å². The Hall–Kier alpha value is -2.33. The fourth-order valence-electron chi connectivity index (χ4n) is 7.05. The predicted molar refractivity (Wildman–Crippen MR) is 174 cm³/mol. The molecule has 10 heteroatoms. The van der Waals surface area contributed by atoms with Gasteiger partial charge < -0.3 is 19.5 Å². The second-order valence-corrected chi connectivity index (χ2v) is 15.5. The fraction of sp³-hybridized carbons (Fsp3) is 0.618. The molecule has 5 atom stereocenters. The monoisotopic (exact) mass is 646 g/mol. The molecule has 1 amide bonds. The minimum atomic E-state index is -3.93. The Bertz CT molecular complexity index is 1430. The number of fused-ring (bicyclic) bond motifs is 3. The van der Waals surface area contributed by atoms with E-state index in [2.05, 4.69) is 9.62 Å². The van der Waals surface area contributed by atoms with Crippen molar-refractivity contribution in [3.63, 3.8) is 0 Å². The second-order valence-electron chi connectivity index (χ2n) is 13.0. The summed E-state index contributed by atoms with van der Waals surface area (Å²) >= 11 is 6.33. The molecule has 3 aliphatic rings. The first kappa shape index (κ1) is 33.0. The van der Waals surface area contributed by atoms with E-state index in [0.29, 0.717) is 49.8 Å². The van der Waals surface area contributed by atoms with Crippen molar-refractivity contribution in [2.24, 2.45) is 17.8 Å². The Balaban J connectivity index is 1.55. The lowest BCUT2D eigenvalue weighted by Gasteiger charge is -2.49. The summed E-state index contributed by atoms with van der Waals surface area (Å²) in [4.78, 5) is 15.7.